The Morgan fingerprint density at radius 2 is 1.95 bits per heavy atom. The summed E-state index contributed by atoms with van der Waals surface area (Å²) < 4.78 is 18.7. The van der Waals surface area contributed by atoms with E-state index < -0.39 is 0 Å². The van der Waals surface area contributed by atoms with E-state index in [2.05, 4.69) is 19.2 Å². The average Bonchev–Trinajstić information content (AvgIpc) is 2.45. The van der Waals surface area contributed by atoms with Crippen molar-refractivity contribution in [2.75, 3.05) is 7.11 Å². The van der Waals surface area contributed by atoms with Crippen molar-refractivity contribution in [3.63, 3.8) is 0 Å². The molecule has 2 aromatic carbocycles. The van der Waals surface area contributed by atoms with Crippen LogP contribution in [0.3, 0.4) is 0 Å². The molecule has 0 fully saturated rings. The fourth-order valence-electron chi connectivity index (χ4n) is 2.09. The van der Waals surface area contributed by atoms with Crippen molar-refractivity contribution in [3.8, 4) is 16.9 Å². The molecule has 0 amide bonds. The molecule has 0 aliphatic rings. The van der Waals surface area contributed by atoms with E-state index in [1.807, 2.05) is 30.3 Å². The molecule has 0 saturated carbocycles. The highest BCUT2D eigenvalue weighted by Crippen LogP contribution is 2.27. The van der Waals surface area contributed by atoms with Crippen LogP contribution in [0.1, 0.15) is 19.4 Å². The molecule has 2 aromatic rings. The molecule has 0 aliphatic carbocycles. The fraction of sp³-hybridized carbons (Fsp3) is 0.294. The van der Waals surface area contributed by atoms with Gasteiger partial charge in [0.2, 0.25) is 0 Å². The monoisotopic (exact) mass is 273 g/mol. The number of halogens is 1. The Balaban J connectivity index is 2.38. The van der Waals surface area contributed by atoms with Gasteiger partial charge in [0, 0.05) is 12.6 Å². The number of methoxy groups -OCH3 is 1. The smallest absolute Gasteiger partial charge is 0.123 e. The van der Waals surface area contributed by atoms with E-state index in [-0.39, 0.29) is 5.82 Å². The molecule has 3 heteroatoms. The van der Waals surface area contributed by atoms with Gasteiger partial charge in [0.25, 0.3) is 0 Å². The van der Waals surface area contributed by atoms with Crippen LogP contribution in [-0.2, 0) is 6.54 Å². The van der Waals surface area contributed by atoms with Crippen molar-refractivity contribution in [1.82, 2.24) is 5.32 Å². The summed E-state index contributed by atoms with van der Waals surface area (Å²) >= 11 is 0. The van der Waals surface area contributed by atoms with Crippen LogP contribution in [0.4, 0.5) is 4.39 Å². The zero-order chi connectivity index (χ0) is 14.5. The van der Waals surface area contributed by atoms with Crippen molar-refractivity contribution in [3.05, 3.63) is 53.8 Å². The molecule has 106 valence electrons. The van der Waals surface area contributed by atoms with Crippen molar-refractivity contribution < 1.29 is 9.13 Å². The van der Waals surface area contributed by atoms with Crippen molar-refractivity contribution in [2.45, 2.75) is 26.4 Å². The standard InChI is InChI=1S/C17H20FNO/c1-12(2)19-11-14-9-15(18)7-8-17(14)13-5-4-6-16(10-13)20-3/h4-10,12,19H,11H2,1-3H3. The lowest BCUT2D eigenvalue weighted by molar-refractivity contribution is 0.415. The summed E-state index contributed by atoms with van der Waals surface area (Å²) in [6.45, 7) is 4.79. The molecular weight excluding hydrogens is 253 g/mol. The van der Waals surface area contributed by atoms with Crippen molar-refractivity contribution in [1.29, 1.82) is 0 Å². The Labute approximate surface area is 119 Å². The Kier molecular flexibility index (Phi) is 4.74. The maximum absolute atomic E-state index is 13.5. The zero-order valence-corrected chi connectivity index (χ0v) is 12.1. The first-order valence-corrected chi connectivity index (χ1v) is 6.76. The van der Waals surface area contributed by atoms with Crippen LogP contribution < -0.4 is 10.1 Å². The second-order valence-corrected chi connectivity index (χ2v) is 5.07. The van der Waals surface area contributed by atoms with E-state index in [4.69, 9.17) is 4.74 Å². The third kappa shape index (κ3) is 3.58. The first-order chi connectivity index (χ1) is 9.60. The summed E-state index contributed by atoms with van der Waals surface area (Å²) in [6, 6.07) is 13.1. The molecule has 0 unspecified atom stereocenters. The summed E-state index contributed by atoms with van der Waals surface area (Å²) in [5, 5.41) is 3.33. The minimum Gasteiger partial charge on any atom is -0.497 e. The highest BCUT2D eigenvalue weighted by atomic mass is 19.1. The Morgan fingerprint density at radius 1 is 1.15 bits per heavy atom. The van der Waals surface area contributed by atoms with Crippen LogP contribution in [0.5, 0.6) is 5.75 Å². The van der Waals surface area contributed by atoms with E-state index in [1.165, 1.54) is 6.07 Å². The summed E-state index contributed by atoms with van der Waals surface area (Å²) in [7, 11) is 1.64. The molecule has 0 bridgehead atoms. The van der Waals surface area contributed by atoms with E-state index >= 15 is 0 Å². The molecule has 2 rings (SSSR count). The number of rotatable bonds is 5. The number of nitrogens with one attached hydrogen (secondary N) is 1. The Morgan fingerprint density at radius 3 is 2.65 bits per heavy atom. The van der Waals surface area contributed by atoms with Gasteiger partial charge in [-0.2, -0.15) is 0 Å². The zero-order valence-electron chi connectivity index (χ0n) is 12.1. The lowest BCUT2D eigenvalue weighted by atomic mass is 9.99. The number of hydrogen-bond acceptors (Lipinski definition) is 2. The molecule has 0 aromatic heterocycles. The van der Waals surface area contributed by atoms with E-state index in [0.29, 0.717) is 12.6 Å². The van der Waals surface area contributed by atoms with Gasteiger partial charge in [0.05, 0.1) is 7.11 Å². The second-order valence-electron chi connectivity index (χ2n) is 5.07. The Hall–Kier alpha value is -1.87. The van der Waals surface area contributed by atoms with Gasteiger partial charge in [0.15, 0.2) is 0 Å². The molecule has 0 aliphatic heterocycles. The van der Waals surface area contributed by atoms with Gasteiger partial charge in [-0.1, -0.05) is 32.0 Å². The fourth-order valence-corrected chi connectivity index (χ4v) is 2.09. The molecule has 0 saturated heterocycles. The lowest BCUT2D eigenvalue weighted by Crippen LogP contribution is -2.22. The highest BCUT2D eigenvalue weighted by molar-refractivity contribution is 5.68. The van der Waals surface area contributed by atoms with Crippen LogP contribution in [0.15, 0.2) is 42.5 Å². The molecule has 0 radical (unpaired) electrons. The summed E-state index contributed by atoms with van der Waals surface area (Å²) in [5.41, 5.74) is 3.01. The molecule has 1 N–H and O–H groups in total. The normalized spacial score (nSPS) is 10.8. The minimum absolute atomic E-state index is 0.211. The largest absolute Gasteiger partial charge is 0.497 e. The number of ether oxygens (including phenoxy) is 1. The van der Waals surface area contributed by atoms with E-state index in [9.17, 15) is 4.39 Å². The predicted molar refractivity (Wildman–Crippen MR) is 80.4 cm³/mol. The van der Waals surface area contributed by atoms with E-state index in [0.717, 1.165) is 22.4 Å². The SMILES string of the molecule is COc1cccc(-c2ccc(F)cc2CNC(C)C)c1. The van der Waals surface area contributed by atoms with Gasteiger partial charge in [-0.3, -0.25) is 0 Å². The van der Waals surface area contributed by atoms with Crippen LogP contribution in [0, 0.1) is 5.82 Å². The molecule has 2 nitrogen and oxygen atoms in total. The number of benzene rings is 2. The number of hydrogen-bond donors (Lipinski definition) is 1. The topological polar surface area (TPSA) is 21.3 Å². The summed E-state index contributed by atoms with van der Waals surface area (Å²) in [4.78, 5) is 0. The third-order valence-corrected chi connectivity index (χ3v) is 3.15. The maximum atomic E-state index is 13.5. The summed E-state index contributed by atoms with van der Waals surface area (Å²) in [5.74, 6) is 0.590. The maximum Gasteiger partial charge on any atom is 0.123 e. The molecule has 0 atom stereocenters. The first-order valence-electron chi connectivity index (χ1n) is 6.76. The van der Waals surface area contributed by atoms with Crippen LogP contribution in [0.25, 0.3) is 11.1 Å². The molecular formula is C17H20FNO. The van der Waals surface area contributed by atoms with Gasteiger partial charge in [-0.15, -0.1) is 0 Å². The highest BCUT2D eigenvalue weighted by Gasteiger charge is 2.08. The van der Waals surface area contributed by atoms with Crippen molar-refractivity contribution >= 4 is 0 Å². The second kappa shape index (κ2) is 6.53. The third-order valence-electron chi connectivity index (χ3n) is 3.15. The van der Waals surface area contributed by atoms with Gasteiger partial charge >= 0.3 is 0 Å². The average molecular weight is 273 g/mol. The molecule has 20 heavy (non-hydrogen) atoms. The van der Waals surface area contributed by atoms with Crippen LogP contribution in [0.2, 0.25) is 0 Å². The van der Waals surface area contributed by atoms with Gasteiger partial charge in [-0.25, -0.2) is 4.39 Å². The minimum atomic E-state index is -0.211. The quantitative estimate of drug-likeness (QED) is 0.889. The van der Waals surface area contributed by atoms with Gasteiger partial charge in [0.1, 0.15) is 11.6 Å². The first kappa shape index (κ1) is 14.5. The lowest BCUT2D eigenvalue weighted by Gasteiger charge is -2.13. The van der Waals surface area contributed by atoms with E-state index in [1.54, 1.807) is 13.2 Å². The van der Waals surface area contributed by atoms with Gasteiger partial charge in [-0.05, 0) is 41.0 Å². The van der Waals surface area contributed by atoms with Crippen molar-refractivity contribution in [2.24, 2.45) is 0 Å². The van der Waals surface area contributed by atoms with Gasteiger partial charge < -0.3 is 10.1 Å². The Bertz CT molecular complexity index is 581. The summed E-state index contributed by atoms with van der Waals surface area (Å²) in [6.07, 6.45) is 0. The van der Waals surface area contributed by atoms with Crippen LogP contribution >= 0.6 is 0 Å². The molecule has 0 heterocycles. The molecule has 0 spiro atoms. The predicted octanol–water partition coefficient (Wildman–Crippen LogP) is 4.00. The van der Waals surface area contributed by atoms with Crippen LogP contribution in [-0.4, -0.2) is 13.2 Å².